The molecule has 0 saturated carbocycles. The highest BCUT2D eigenvalue weighted by Gasteiger charge is 2.14. The summed E-state index contributed by atoms with van der Waals surface area (Å²) in [5, 5.41) is 0. The summed E-state index contributed by atoms with van der Waals surface area (Å²) in [5.74, 6) is 2.15. The zero-order valence-electron chi connectivity index (χ0n) is 12.1. The molecule has 5 heteroatoms. The van der Waals surface area contributed by atoms with E-state index in [1.54, 1.807) is 19.5 Å². The Kier molecular flexibility index (Phi) is 4.40. The lowest BCUT2D eigenvalue weighted by Crippen LogP contribution is -2.31. The van der Waals surface area contributed by atoms with Gasteiger partial charge in [-0.1, -0.05) is 18.2 Å². The average molecular weight is 272 g/mol. The summed E-state index contributed by atoms with van der Waals surface area (Å²) in [6.07, 6.45) is 4.13. The average Bonchev–Trinajstić information content (AvgIpc) is 2.48. The van der Waals surface area contributed by atoms with Gasteiger partial charge in [-0.15, -0.1) is 0 Å². The normalized spacial score (nSPS) is 11.9. The Hall–Kier alpha value is -2.30. The Morgan fingerprint density at radius 3 is 2.65 bits per heavy atom. The second-order valence-electron chi connectivity index (χ2n) is 4.78. The molecular formula is C15H20N4O. The van der Waals surface area contributed by atoms with Crippen molar-refractivity contribution in [2.75, 3.05) is 24.8 Å². The number of rotatable bonds is 5. The zero-order chi connectivity index (χ0) is 14.5. The fourth-order valence-corrected chi connectivity index (χ4v) is 2.07. The molecule has 0 bridgehead atoms. The molecule has 0 fully saturated rings. The van der Waals surface area contributed by atoms with Crippen LogP contribution >= 0.6 is 0 Å². The molecule has 1 heterocycles. The molecule has 1 aromatic carbocycles. The van der Waals surface area contributed by atoms with Crippen molar-refractivity contribution < 1.29 is 4.74 Å². The van der Waals surface area contributed by atoms with Gasteiger partial charge in [0, 0.05) is 13.1 Å². The second kappa shape index (κ2) is 6.23. The van der Waals surface area contributed by atoms with Crippen molar-refractivity contribution in [3.63, 3.8) is 0 Å². The minimum absolute atomic E-state index is 0.268. The van der Waals surface area contributed by atoms with Crippen molar-refractivity contribution in [2.24, 2.45) is 0 Å². The molecule has 5 nitrogen and oxygen atoms in total. The third kappa shape index (κ3) is 3.17. The maximum absolute atomic E-state index is 5.56. The van der Waals surface area contributed by atoms with Crippen LogP contribution in [0.3, 0.4) is 0 Å². The minimum Gasteiger partial charge on any atom is -0.496 e. The van der Waals surface area contributed by atoms with Gasteiger partial charge in [-0.05, 0) is 25.0 Å². The van der Waals surface area contributed by atoms with Crippen LogP contribution in [0.25, 0.3) is 0 Å². The highest BCUT2D eigenvalue weighted by molar-refractivity contribution is 5.41. The Balaban J connectivity index is 2.11. The van der Waals surface area contributed by atoms with Crippen LogP contribution in [0.1, 0.15) is 12.5 Å². The molecule has 0 aliphatic heterocycles. The van der Waals surface area contributed by atoms with E-state index in [4.69, 9.17) is 10.5 Å². The van der Waals surface area contributed by atoms with Crippen LogP contribution in [0.5, 0.6) is 5.75 Å². The molecule has 1 unspecified atom stereocenters. The number of ether oxygens (including phenoxy) is 1. The lowest BCUT2D eigenvalue weighted by atomic mass is 10.1. The molecule has 1 aromatic heterocycles. The maximum atomic E-state index is 5.56. The number of para-hydroxylation sites is 1. The highest BCUT2D eigenvalue weighted by atomic mass is 16.5. The quantitative estimate of drug-likeness (QED) is 0.903. The molecule has 0 radical (unpaired) electrons. The van der Waals surface area contributed by atoms with Gasteiger partial charge in [0.1, 0.15) is 17.4 Å². The van der Waals surface area contributed by atoms with E-state index in [1.165, 1.54) is 5.56 Å². The van der Waals surface area contributed by atoms with Gasteiger partial charge in [-0.25, -0.2) is 9.97 Å². The standard InChI is InChI=1S/C15H20N4O/c1-11(8-12-6-4-5-7-13(12)20-3)19(2)15-10-17-14(16)9-18-15/h4-7,9-11H,8H2,1-3H3,(H2,16,17). The highest BCUT2D eigenvalue weighted by Crippen LogP contribution is 2.21. The van der Waals surface area contributed by atoms with Crippen LogP contribution in [0.4, 0.5) is 11.6 Å². The molecule has 1 atom stereocenters. The van der Waals surface area contributed by atoms with Crippen LogP contribution in [-0.4, -0.2) is 30.2 Å². The van der Waals surface area contributed by atoms with Gasteiger partial charge in [0.05, 0.1) is 19.5 Å². The summed E-state index contributed by atoms with van der Waals surface area (Å²) in [4.78, 5) is 10.4. The number of nitrogens with zero attached hydrogens (tertiary/aromatic N) is 3. The summed E-state index contributed by atoms with van der Waals surface area (Å²) in [5.41, 5.74) is 6.73. The molecule has 2 N–H and O–H groups in total. The number of nitrogen functional groups attached to an aromatic ring is 1. The molecule has 0 aliphatic carbocycles. The van der Waals surface area contributed by atoms with Gasteiger partial charge in [0.25, 0.3) is 0 Å². The van der Waals surface area contributed by atoms with E-state index in [2.05, 4.69) is 27.9 Å². The first-order chi connectivity index (χ1) is 9.61. The van der Waals surface area contributed by atoms with E-state index >= 15 is 0 Å². The molecule has 20 heavy (non-hydrogen) atoms. The molecule has 0 spiro atoms. The first-order valence-corrected chi connectivity index (χ1v) is 6.54. The number of methoxy groups -OCH3 is 1. The number of hydrogen-bond donors (Lipinski definition) is 1. The van der Waals surface area contributed by atoms with E-state index in [-0.39, 0.29) is 6.04 Å². The van der Waals surface area contributed by atoms with Crippen LogP contribution in [-0.2, 0) is 6.42 Å². The predicted octanol–water partition coefficient (Wildman–Crippen LogP) is 2.13. The molecule has 2 rings (SSSR count). The fraction of sp³-hybridized carbons (Fsp3) is 0.333. The molecular weight excluding hydrogens is 252 g/mol. The third-order valence-electron chi connectivity index (χ3n) is 3.39. The van der Waals surface area contributed by atoms with E-state index < -0.39 is 0 Å². The van der Waals surface area contributed by atoms with Crippen LogP contribution in [0, 0.1) is 0 Å². The lowest BCUT2D eigenvalue weighted by Gasteiger charge is -2.26. The summed E-state index contributed by atoms with van der Waals surface area (Å²) in [6.45, 7) is 2.14. The second-order valence-corrected chi connectivity index (χ2v) is 4.78. The Bertz CT molecular complexity index is 556. The largest absolute Gasteiger partial charge is 0.496 e. The van der Waals surface area contributed by atoms with Gasteiger partial charge in [-0.3, -0.25) is 0 Å². The van der Waals surface area contributed by atoms with Crippen molar-refractivity contribution in [2.45, 2.75) is 19.4 Å². The maximum Gasteiger partial charge on any atom is 0.147 e. The Morgan fingerprint density at radius 1 is 1.25 bits per heavy atom. The summed E-state index contributed by atoms with van der Waals surface area (Å²) < 4.78 is 5.38. The monoisotopic (exact) mass is 272 g/mol. The molecule has 0 amide bonds. The first-order valence-electron chi connectivity index (χ1n) is 6.54. The number of benzene rings is 1. The van der Waals surface area contributed by atoms with Gasteiger partial charge in [-0.2, -0.15) is 0 Å². The number of hydrogen-bond acceptors (Lipinski definition) is 5. The summed E-state index contributed by atoms with van der Waals surface area (Å²) >= 11 is 0. The van der Waals surface area contributed by atoms with E-state index in [9.17, 15) is 0 Å². The number of nitrogens with two attached hydrogens (primary N) is 1. The van der Waals surface area contributed by atoms with E-state index in [1.807, 2.05) is 25.2 Å². The molecule has 2 aromatic rings. The Morgan fingerprint density at radius 2 is 2.00 bits per heavy atom. The molecule has 106 valence electrons. The van der Waals surface area contributed by atoms with Crippen molar-refractivity contribution in [3.8, 4) is 5.75 Å². The van der Waals surface area contributed by atoms with Crippen molar-refractivity contribution >= 4 is 11.6 Å². The van der Waals surface area contributed by atoms with Gasteiger partial charge in [0.15, 0.2) is 0 Å². The van der Waals surface area contributed by atoms with E-state index in [0.717, 1.165) is 18.0 Å². The van der Waals surface area contributed by atoms with Crippen molar-refractivity contribution in [1.29, 1.82) is 0 Å². The molecule has 0 aliphatic rings. The number of anilines is 2. The van der Waals surface area contributed by atoms with Crippen LogP contribution < -0.4 is 15.4 Å². The molecule has 0 saturated heterocycles. The van der Waals surface area contributed by atoms with Crippen molar-refractivity contribution in [1.82, 2.24) is 9.97 Å². The van der Waals surface area contributed by atoms with Crippen LogP contribution in [0.15, 0.2) is 36.7 Å². The Labute approximate surface area is 119 Å². The lowest BCUT2D eigenvalue weighted by molar-refractivity contribution is 0.408. The summed E-state index contributed by atoms with van der Waals surface area (Å²) in [7, 11) is 3.69. The SMILES string of the molecule is COc1ccccc1CC(C)N(C)c1cnc(N)cn1. The van der Waals surface area contributed by atoms with Crippen LogP contribution in [0.2, 0.25) is 0 Å². The number of aromatic nitrogens is 2. The van der Waals surface area contributed by atoms with Gasteiger partial charge in [0.2, 0.25) is 0 Å². The first kappa shape index (κ1) is 14.1. The fourth-order valence-electron chi connectivity index (χ4n) is 2.07. The van der Waals surface area contributed by atoms with Crippen molar-refractivity contribution in [3.05, 3.63) is 42.2 Å². The number of likely N-dealkylation sites (N-methyl/N-ethyl adjacent to an activating group) is 1. The van der Waals surface area contributed by atoms with Gasteiger partial charge >= 0.3 is 0 Å². The predicted molar refractivity (Wildman–Crippen MR) is 81.0 cm³/mol. The smallest absolute Gasteiger partial charge is 0.147 e. The minimum atomic E-state index is 0.268. The van der Waals surface area contributed by atoms with E-state index in [0.29, 0.717) is 5.82 Å². The zero-order valence-corrected chi connectivity index (χ0v) is 12.1. The third-order valence-corrected chi connectivity index (χ3v) is 3.39. The van der Waals surface area contributed by atoms with Gasteiger partial charge < -0.3 is 15.4 Å². The summed E-state index contributed by atoms with van der Waals surface area (Å²) in [6, 6.07) is 8.32. The topological polar surface area (TPSA) is 64.3 Å².